The predicted molar refractivity (Wildman–Crippen MR) is 70.9 cm³/mol. The Hall–Kier alpha value is -1.20. The normalized spacial score (nSPS) is 13.1. The van der Waals surface area contributed by atoms with Gasteiger partial charge in [0.25, 0.3) is 0 Å². The minimum absolute atomic E-state index is 0.186. The van der Waals surface area contributed by atoms with Gasteiger partial charge in [0.05, 0.1) is 18.2 Å². The monoisotopic (exact) mass is 251 g/mol. The second-order valence-corrected chi connectivity index (χ2v) is 4.58. The Bertz CT molecular complexity index is 573. The molecule has 17 heavy (non-hydrogen) atoms. The maximum atomic E-state index is 5.44. The summed E-state index contributed by atoms with van der Waals surface area (Å²) in [6.07, 6.45) is 1.86. The number of aromatic nitrogens is 3. The molecule has 2 aromatic heterocycles. The van der Waals surface area contributed by atoms with E-state index in [1.165, 1.54) is 0 Å². The number of aryl methyl sites for hydroxylation is 1. The summed E-state index contributed by atoms with van der Waals surface area (Å²) < 4.78 is 8.15. The first-order chi connectivity index (χ1) is 8.13. The van der Waals surface area contributed by atoms with Gasteiger partial charge in [0, 0.05) is 12.8 Å². The van der Waals surface area contributed by atoms with E-state index in [0.29, 0.717) is 18.0 Å². The van der Waals surface area contributed by atoms with Gasteiger partial charge in [0.1, 0.15) is 0 Å². The molecule has 2 aromatic rings. The molecule has 0 fully saturated rings. The minimum Gasteiger partial charge on any atom is -0.380 e. The molecule has 1 atom stereocenters. The molecule has 0 spiro atoms. The Balaban J connectivity index is 2.46. The largest absolute Gasteiger partial charge is 0.380 e. The number of H-pyrrole nitrogens is 1. The van der Waals surface area contributed by atoms with E-state index in [-0.39, 0.29) is 6.04 Å². The van der Waals surface area contributed by atoms with E-state index in [4.69, 9.17) is 17.0 Å². The molecular weight excluding hydrogens is 234 g/mol. The maximum Gasteiger partial charge on any atom is 0.179 e. The van der Waals surface area contributed by atoms with E-state index in [2.05, 4.69) is 23.0 Å². The highest BCUT2D eigenvalue weighted by Gasteiger charge is 2.12. The molecule has 4 nitrogen and oxygen atoms in total. The Labute approximate surface area is 106 Å². The Morgan fingerprint density at radius 2 is 2.35 bits per heavy atom. The summed E-state index contributed by atoms with van der Waals surface area (Å²) in [5.41, 5.74) is 3.00. The summed E-state index contributed by atoms with van der Waals surface area (Å²) in [6, 6.07) is 2.24. The standard InChI is InChI=1S/C12H17N3OS/c1-4-16-7-9(3)15-11-10(14-12(15)17)5-8(2)6-13-11/h5-6,9H,4,7H2,1-3H3,(H,14,17). The van der Waals surface area contributed by atoms with Gasteiger partial charge in [0.15, 0.2) is 10.4 Å². The van der Waals surface area contributed by atoms with Gasteiger partial charge in [-0.3, -0.25) is 4.57 Å². The summed E-state index contributed by atoms with van der Waals surface area (Å²) in [5, 5.41) is 0. The summed E-state index contributed by atoms with van der Waals surface area (Å²) in [5.74, 6) is 0. The molecule has 0 saturated heterocycles. The lowest BCUT2D eigenvalue weighted by molar-refractivity contribution is 0.119. The van der Waals surface area contributed by atoms with Crippen molar-refractivity contribution in [2.75, 3.05) is 13.2 Å². The zero-order valence-electron chi connectivity index (χ0n) is 10.4. The van der Waals surface area contributed by atoms with Crippen molar-refractivity contribution < 1.29 is 4.74 Å². The maximum absolute atomic E-state index is 5.44. The number of rotatable bonds is 4. The Morgan fingerprint density at radius 1 is 1.59 bits per heavy atom. The average Bonchev–Trinajstić information content (AvgIpc) is 2.61. The third kappa shape index (κ3) is 2.40. The number of hydrogen-bond acceptors (Lipinski definition) is 3. The number of imidazole rings is 1. The minimum atomic E-state index is 0.186. The van der Waals surface area contributed by atoms with Crippen LogP contribution in [-0.4, -0.2) is 27.7 Å². The first-order valence-corrected chi connectivity index (χ1v) is 6.19. The smallest absolute Gasteiger partial charge is 0.179 e. The third-order valence-corrected chi connectivity index (χ3v) is 2.99. The van der Waals surface area contributed by atoms with Crippen LogP contribution in [0.25, 0.3) is 11.2 Å². The fraction of sp³-hybridized carbons (Fsp3) is 0.500. The molecule has 5 heteroatoms. The van der Waals surface area contributed by atoms with E-state index in [1.807, 2.05) is 24.6 Å². The number of fused-ring (bicyclic) bond motifs is 1. The van der Waals surface area contributed by atoms with Crippen LogP contribution in [0.1, 0.15) is 25.5 Å². The summed E-state index contributed by atoms with van der Waals surface area (Å²) in [7, 11) is 0. The van der Waals surface area contributed by atoms with Crippen LogP contribution in [0.15, 0.2) is 12.3 Å². The average molecular weight is 251 g/mol. The SMILES string of the molecule is CCOCC(C)n1c(=S)[nH]c2cc(C)cnc21. The van der Waals surface area contributed by atoms with Crippen LogP contribution in [0.3, 0.4) is 0 Å². The molecule has 0 aromatic carbocycles. The molecule has 2 rings (SSSR count). The molecule has 92 valence electrons. The van der Waals surface area contributed by atoms with E-state index < -0.39 is 0 Å². The number of hydrogen-bond donors (Lipinski definition) is 1. The Kier molecular flexibility index (Phi) is 3.59. The molecule has 0 bridgehead atoms. The zero-order chi connectivity index (χ0) is 12.4. The fourth-order valence-corrected chi connectivity index (χ4v) is 2.27. The lowest BCUT2D eigenvalue weighted by atomic mass is 10.3. The first-order valence-electron chi connectivity index (χ1n) is 5.78. The number of nitrogens with zero attached hydrogens (tertiary/aromatic N) is 2. The van der Waals surface area contributed by atoms with Gasteiger partial charge in [-0.05, 0) is 44.6 Å². The van der Waals surface area contributed by atoms with E-state index in [0.717, 1.165) is 16.7 Å². The molecule has 1 unspecified atom stereocenters. The fourth-order valence-electron chi connectivity index (χ4n) is 1.89. The van der Waals surface area contributed by atoms with E-state index >= 15 is 0 Å². The van der Waals surface area contributed by atoms with Crippen molar-refractivity contribution in [3.8, 4) is 0 Å². The van der Waals surface area contributed by atoms with Gasteiger partial charge in [-0.15, -0.1) is 0 Å². The van der Waals surface area contributed by atoms with Crippen LogP contribution in [-0.2, 0) is 4.74 Å². The van der Waals surface area contributed by atoms with Crippen LogP contribution >= 0.6 is 12.2 Å². The van der Waals surface area contributed by atoms with Gasteiger partial charge in [-0.2, -0.15) is 0 Å². The zero-order valence-corrected chi connectivity index (χ0v) is 11.2. The topological polar surface area (TPSA) is 42.8 Å². The van der Waals surface area contributed by atoms with Crippen molar-refractivity contribution in [3.63, 3.8) is 0 Å². The van der Waals surface area contributed by atoms with Gasteiger partial charge in [-0.25, -0.2) is 4.98 Å². The highest BCUT2D eigenvalue weighted by Crippen LogP contribution is 2.18. The highest BCUT2D eigenvalue weighted by atomic mass is 32.1. The number of nitrogens with one attached hydrogen (secondary N) is 1. The van der Waals surface area contributed by atoms with Gasteiger partial charge >= 0.3 is 0 Å². The van der Waals surface area contributed by atoms with Crippen LogP contribution in [0.2, 0.25) is 0 Å². The van der Waals surface area contributed by atoms with Gasteiger partial charge in [-0.1, -0.05) is 0 Å². The van der Waals surface area contributed by atoms with Gasteiger partial charge in [0.2, 0.25) is 0 Å². The van der Waals surface area contributed by atoms with Crippen molar-refractivity contribution in [1.29, 1.82) is 0 Å². The molecule has 2 heterocycles. The molecule has 0 aliphatic rings. The molecule has 1 N–H and O–H groups in total. The van der Waals surface area contributed by atoms with Crippen LogP contribution in [0.4, 0.5) is 0 Å². The van der Waals surface area contributed by atoms with Crippen molar-refractivity contribution >= 4 is 23.4 Å². The Morgan fingerprint density at radius 3 is 3.06 bits per heavy atom. The van der Waals surface area contributed by atoms with E-state index in [1.54, 1.807) is 0 Å². The van der Waals surface area contributed by atoms with Crippen LogP contribution in [0, 0.1) is 11.7 Å². The summed E-state index contributed by atoms with van der Waals surface area (Å²) >= 11 is 5.33. The predicted octanol–water partition coefficient (Wildman–Crippen LogP) is 3.00. The van der Waals surface area contributed by atoms with Gasteiger partial charge < -0.3 is 9.72 Å². The molecule has 0 saturated carbocycles. The summed E-state index contributed by atoms with van der Waals surface area (Å²) in [6.45, 7) is 7.45. The second kappa shape index (κ2) is 4.98. The molecular formula is C12H17N3OS. The van der Waals surface area contributed by atoms with Crippen molar-refractivity contribution in [2.45, 2.75) is 26.8 Å². The highest BCUT2D eigenvalue weighted by molar-refractivity contribution is 7.71. The second-order valence-electron chi connectivity index (χ2n) is 4.19. The summed E-state index contributed by atoms with van der Waals surface area (Å²) in [4.78, 5) is 7.63. The lowest BCUT2D eigenvalue weighted by Crippen LogP contribution is -2.12. The van der Waals surface area contributed by atoms with Crippen molar-refractivity contribution in [3.05, 3.63) is 22.6 Å². The third-order valence-electron chi connectivity index (χ3n) is 2.70. The number of pyridine rings is 1. The van der Waals surface area contributed by atoms with Crippen LogP contribution < -0.4 is 0 Å². The number of aromatic amines is 1. The molecule has 0 amide bonds. The van der Waals surface area contributed by atoms with E-state index in [9.17, 15) is 0 Å². The van der Waals surface area contributed by atoms with Crippen molar-refractivity contribution in [1.82, 2.24) is 14.5 Å². The quantitative estimate of drug-likeness (QED) is 0.849. The van der Waals surface area contributed by atoms with Crippen molar-refractivity contribution in [2.24, 2.45) is 0 Å². The molecule has 0 aliphatic heterocycles. The number of ether oxygens (including phenoxy) is 1. The lowest BCUT2D eigenvalue weighted by Gasteiger charge is -2.13. The molecule has 0 aliphatic carbocycles. The molecule has 0 radical (unpaired) electrons. The first kappa shape index (κ1) is 12.3. The van der Waals surface area contributed by atoms with Crippen LogP contribution in [0.5, 0.6) is 0 Å².